The number of hydrogen-bond donors (Lipinski definition) is 1. The van der Waals surface area contributed by atoms with E-state index < -0.39 is 0 Å². The maximum atomic E-state index is 9.57. The van der Waals surface area contributed by atoms with Crippen molar-refractivity contribution in [3.8, 4) is 16.9 Å². The van der Waals surface area contributed by atoms with E-state index in [0.717, 1.165) is 23.1 Å². The Morgan fingerprint density at radius 1 is 1.27 bits per heavy atom. The lowest BCUT2D eigenvalue weighted by Crippen LogP contribution is -1.84. The summed E-state index contributed by atoms with van der Waals surface area (Å²) >= 11 is 0. The van der Waals surface area contributed by atoms with E-state index in [1.807, 2.05) is 13.2 Å². The number of rotatable bonds is 2. The lowest BCUT2D eigenvalue weighted by molar-refractivity contribution is 0.475. The summed E-state index contributed by atoms with van der Waals surface area (Å²) in [6, 6.07) is 5.63. The maximum Gasteiger partial charge on any atom is 0.116 e. The second kappa shape index (κ2) is 3.77. The Morgan fingerprint density at radius 2 is 2.07 bits per heavy atom. The van der Waals surface area contributed by atoms with Gasteiger partial charge in [-0.25, -0.2) is 0 Å². The highest BCUT2D eigenvalue weighted by molar-refractivity contribution is 5.64. The summed E-state index contributed by atoms with van der Waals surface area (Å²) < 4.78 is 1.75. The Kier molecular flexibility index (Phi) is 2.46. The molecule has 3 nitrogen and oxygen atoms in total. The van der Waals surface area contributed by atoms with Crippen molar-refractivity contribution >= 4 is 0 Å². The van der Waals surface area contributed by atoms with Crippen molar-refractivity contribution in [2.75, 3.05) is 0 Å². The number of phenolic OH excluding ortho intramolecular Hbond substituents is 1. The Labute approximate surface area is 89.0 Å². The standard InChI is InChI=1S/C12H14N2O/c1-3-9-4-10(6-12(15)5-9)11-7-13-14(2)8-11/h4-8,15H,3H2,1-2H3. The minimum Gasteiger partial charge on any atom is -0.508 e. The van der Waals surface area contributed by atoms with E-state index in [2.05, 4.69) is 18.1 Å². The largest absolute Gasteiger partial charge is 0.508 e. The van der Waals surface area contributed by atoms with Crippen LogP contribution in [0.5, 0.6) is 5.75 Å². The van der Waals surface area contributed by atoms with Crippen molar-refractivity contribution in [3.63, 3.8) is 0 Å². The SMILES string of the molecule is CCc1cc(O)cc(-c2cnn(C)c2)c1. The smallest absolute Gasteiger partial charge is 0.116 e. The molecule has 0 bridgehead atoms. The number of aromatic nitrogens is 2. The first kappa shape index (κ1) is 9.77. The van der Waals surface area contributed by atoms with Crippen LogP contribution in [0.15, 0.2) is 30.6 Å². The summed E-state index contributed by atoms with van der Waals surface area (Å²) in [6.45, 7) is 2.07. The number of aromatic hydroxyl groups is 1. The monoisotopic (exact) mass is 202 g/mol. The van der Waals surface area contributed by atoms with Crippen LogP contribution in [0.2, 0.25) is 0 Å². The lowest BCUT2D eigenvalue weighted by atomic mass is 10.0. The molecule has 0 radical (unpaired) electrons. The molecule has 78 valence electrons. The molecular weight excluding hydrogens is 188 g/mol. The van der Waals surface area contributed by atoms with Crippen LogP contribution in [-0.2, 0) is 13.5 Å². The van der Waals surface area contributed by atoms with Crippen LogP contribution in [0.25, 0.3) is 11.1 Å². The third-order valence-corrected chi connectivity index (χ3v) is 2.42. The molecule has 0 atom stereocenters. The van der Waals surface area contributed by atoms with Crippen LogP contribution in [0.3, 0.4) is 0 Å². The molecule has 0 aliphatic rings. The zero-order valence-electron chi connectivity index (χ0n) is 8.94. The average molecular weight is 202 g/mol. The van der Waals surface area contributed by atoms with Crippen LogP contribution < -0.4 is 0 Å². The quantitative estimate of drug-likeness (QED) is 0.811. The van der Waals surface area contributed by atoms with Crippen molar-refractivity contribution in [1.82, 2.24) is 9.78 Å². The predicted molar refractivity (Wildman–Crippen MR) is 59.7 cm³/mol. The first-order chi connectivity index (χ1) is 7.19. The molecule has 1 N–H and O–H groups in total. The van der Waals surface area contributed by atoms with Gasteiger partial charge >= 0.3 is 0 Å². The number of benzene rings is 1. The summed E-state index contributed by atoms with van der Waals surface area (Å²) in [7, 11) is 1.88. The van der Waals surface area contributed by atoms with E-state index in [9.17, 15) is 5.11 Å². The molecule has 0 amide bonds. The number of hydrogen-bond acceptors (Lipinski definition) is 2. The first-order valence-electron chi connectivity index (χ1n) is 5.01. The Morgan fingerprint density at radius 3 is 2.67 bits per heavy atom. The molecule has 3 heteroatoms. The molecule has 1 heterocycles. The molecule has 0 saturated heterocycles. The highest BCUT2D eigenvalue weighted by atomic mass is 16.3. The molecule has 15 heavy (non-hydrogen) atoms. The van der Waals surface area contributed by atoms with Crippen LogP contribution in [0.4, 0.5) is 0 Å². The van der Waals surface area contributed by atoms with Crippen LogP contribution in [-0.4, -0.2) is 14.9 Å². The molecule has 0 aliphatic carbocycles. The fraction of sp³-hybridized carbons (Fsp3) is 0.250. The fourth-order valence-corrected chi connectivity index (χ4v) is 1.62. The molecule has 0 fully saturated rings. The van der Waals surface area contributed by atoms with E-state index in [1.165, 1.54) is 0 Å². The van der Waals surface area contributed by atoms with Gasteiger partial charge in [-0.2, -0.15) is 5.10 Å². The molecule has 0 unspecified atom stereocenters. The van der Waals surface area contributed by atoms with Crippen molar-refractivity contribution in [2.24, 2.45) is 7.05 Å². The molecule has 1 aromatic heterocycles. The van der Waals surface area contributed by atoms with E-state index in [0.29, 0.717) is 5.75 Å². The molecule has 2 rings (SSSR count). The van der Waals surface area contributed by atoms with Gasteiger partial charge in [0, 0.05) is 18.8 Å². The minimum absolute atomic E-state index is 0.313. The molecule has 0 spiro atoms. The van der Waals surface area contributed by atoms with Gasteiger partial charge in [-0.05, 0) is 29.7 Å². The first-order valence-corrected chi connectivity index (χ1v) is 5.01. The summed E-state index contributed by atoms with van der Waals surface area (Å²) in [6.07, 6.45) is 4.66. The zero-order chi connectivity index (χ0) is 10.8. The van der Waals surface area contributed by atoms with Crippen LogP contribution in [0.1, 0.15) is 12.5 Å². The predicted octanol–water partition coefficient (Wildman–Crippen LogP) is 2.36. The third kappa shape index (κ3) is 2.01. The van der Waals surface area contributed by atoms with Gasteiger partial charge in [0.05, 0.1) is 6.20 Å². The number of nitrogens with zero attached hydrogens (tertiary/aromatic N) is 2. The Hall–Kier alpha value is -1.77. The topological polar surface area (TPSA) is 38.1 Å². The molecule has 0 saturated carbocycles. The lowest BCUT2D eigenvalue weighted by Gasteiger charge is -2.03. The van der Waals surface area contributed by atoms with Crippen molar-refractivity contribution in [1.29, 1.82) is 0 Å². The summed E-state index contributed by atoms with van der Waals surface area (Å²) in [5.41, 5.74) is 3.18. The normalized spacial score (nSPS) is 10.5. The van der Waals surface area contributed by atoms with Gasteiger partial charge in [0.25, 0.3) is 0 Å². The Bertz CT molecular complexity index is 474. The highest BCUT2D eigenvalue weighted by Gasteiger charge is 2.03. The highest BCUT2D eigenvalue weighted by Crippen LogP contribution is 2.25. The van der Waals surface area contributed by atoms with E-state index in [1.54, 1.807) is 23.0 Å². The van der Waals surface area contributed by atoms with Gasteiger partial charge in [0.15, 0.2) is 0 Å². The van der Waals surface area contributed by atoms with Crippen LogP contribution >= 0.6 is 0 Å². The summed E-state index contributed by atoms with van der Waals surface area (Å²) in [5.74, 6) is 0.313. The van der Waals surface area contributed by atoms with Gasteiger partial charge in [-0.15, -0.1) is 0 Å². The number of aryl methyl sites for hydroxylation is 2. The molecular formula is C12H14N2O. The van der Waals surface area contributed by atoms with E-state index in [4.69, 9.17) is 0 Å². The zero-order valence-corrected chi connectivity index (χ0v) is 8.94. The van der Waals surface area contributed by atoms with Gasteiger partial charge in [-0.3, -0.25) is 4.68 Å². The molecule has 2 aromatic rings. The van der Waals surface area contributed by atoms with Crippen LogP contribution in [0, 0.1) is 0 Å². The Balaban J connectivity index is 2.48. The summed E-state index contributed by atoms with van der Waals surface area (Å²) in [4.78, 5) is 0. The second-order valence-corrected chi connectivity index (χ2v) is 3.64. The van der Waals surface area contributed by atoms with Crippen molar-refractivity contribution in [2.45, 2.75) is 13.3 Å². The molecule has 1 aromatic carbocycles. The van der Waals surface area contributed by atoms with Crippen molar-refractivity contribution in [3.05, 3.63) is 36.2 Å². The van der Waals surface area contributed by atoms with Gasteiger partial charge in [0.1, 0.15) is 5.75 Å². The minimum atomic E-state index is 0.313. The van der Waals surface area contributed by atoms with Gasteiger partial charge in [0.2, 0.25) is 0 Å². The number of phenols is 1. The third-order valence-electron chi connectivity index (χ3n) is 2.42. The van der Waals surface area contributed by atoms with E-state index in [-0.39, 0.29) is 0 Å². The average Bonchev–Trinajstić information content (AvgIpc) is 2.64. The second-order valence-electron chi connectivity index (χ2n) is 3.64. The van der Waals surface area contributed by atoms with Gasteiger partial charge < -0.3 is 5.11 Å². The van der Waals surface area contributed by atoms with E-state index >= 15 is 0 Å². The fourth-order valence-electron chi connectivity index (χ4n) is 1.62. The molecule has 0 aliphatic heterocycles. The van der Waals surface area contributed by atoms with Gasteiger partial charge in [-0.1, -0.05) is 13.0 Å². The maximum absolute atomic E-state index is 9.57. The van der Waals surface area contributed by atoms with Crippen molar-refractivity contribution < 1.29 is 5.11 Å². The summed E-state index contributed by atoms with van der Waals surface area (Å²) in [5, 5.41) is 13.7.